The van der Waals surface area contributed by atoms with E-state index >= 15 is 0 Å². The van der Waals surface area contributed by atoms with Gasteiger partial charge in [-0.15, -0.1) is 21.5 Å². The molecule has 0 aromatic carbocycles. The van der Waals surface area contributed by atoms with Gasteiger partial charge in [0.05, 0.1) is 17.4 Å². The quantitative estimate of drug-likeness (QED) is 0.599. The van der Waals surface area contributed by atoms with Crippen molar-refractivity contribution in [3.8, 4) is 0 Å². The zero-order valence-electron chi connectivity index (χ0n) is 15.1. The SMILES string of the molecule is CC(C)OC(=O)c1c(NC(=O)CSc2nncn2C)sc2c1CCCC2. The molecule has 1 aliphatic carbocycles. The molecule has 140 valence electrons. The summed E-state index contributed by atoms with van der Waals surface area (Å²) in [6.07, 6.45) is 5.37. The fraction of sp³-hybridized carbons (Fsp3) is 0.529. The van der Waals surface area contributed by atoms with Crippen LogP contribution in [0, 0.1) is 0 Å². The molecule has 0 bridgehead atoms. The van der Waals surface area contributed by atoms with Crippen LogP contribution in [-0.2, 0) is 29.4 Å². The Morgan fingerprint density at radius 1 is 1.38 bits per heavy atom. The zero-order valence-corrected chi connectivity index (χ0v) is 16.7. The van der Waals surface area contributed by atoms with Crippen molar-refractivity contribution in [3.05, 3.63) is 22.3 Å². The van der Waals surface area contributed by atoms with E-state index in [-0.39, 0.29) is 23.7 Å². The number of rotatable bonds is 6. The molecule has 0 radical (unpaired) electrons. The summed E-state index contributed by atoms with van der Waals surface area (Å²) in [6.45, 7) is 3.65. The van der Waals surface area contributed by atoms with Gasteiger partial charge in [-0.25, -0.2) is 4.79 Å². The molecule has 9 heteroatoms. The van der Waals surface area contributed by atoms with Crippen molar-refractivity contribution in [2.75, 3.05) is 11.1 Å². The first-order chi connectivity index (χ1) is 12.5. The molecule has 7 nitrogen and oxygen atoms in total. The molecule has 1 aliphatic rings. The van der Waals surface area contributed by atoms with Gasteiger partial charge in [-0.1, -0.05) is 11.8 Å². The van der Waals surface area contributed by atoms with Gasteiger partial charge in [-0.3, -0.25) is 4.79 Å². The number of fused-ring (bicyclic) bond motifs is 1. The number of nitrogens with one attached hydrogen (secondary N) is 1. The van der Waals surface area contributed by atoms with E-state index in [1.54, 1.807) is 10.9 Å². The maximum Gasteiger partial charge on any atom is 0.341 e. The monoisotopic (exact) mass is 394 g/mol. The van der Waals surface area contributed by atoms with Crippen LogP contribution >= 0.6 is 23.1 Å². The Labute approximate surface area is 160 Å². The van der Waals surface area contributed by atoms with Gasteiger partial charge in [0, 0.05) is 11.9 Å². The Morgan fingerprint density at radius 3 is 2.85 bits per heavy atom. The molecule has 3 rings (SSSR count). The molecule has 0 fully saturated rings. The number of aryl methyl sites for hydroxylation is 2. The zero-order chi connectivity index (χ0) is 18.7. The Kier molecular flexibility index (Phi) is 5.98. The van der Waals surface area contributed by atoms with E-state index in [4.69, 9.17) is 4.74 Å². The van der Waals surface area contributed by atoms with Gasteiger partial charge in [-0.05, 0) is 45.1 Å². The Bertz CT molecular complexity index is 813. The lowest BCUT2D eigenvalue weighted by Crippen LogP contribution is -2.19. The highest BCUT2D eigenvalue weighted by molar-refractivity contribution is 7.99. The third kappa shape index (κ3) is 4.27. The topological polar surface area (TPSA) is 86.1 Å². The summed E-state index contributed by atoms with van der Waals surface area (Å²) in [4.78, 5) is 26.2. The second-order valence-electron chi connectivity index (χ2n) is 6.43. The fourth-order valence-corrected chi connectivity index (χ4v) is 4.82. The summed E-state index contributed by atoms with van der Waals surface area (Å²) in [6, 6.07) is 0. The second-order valence-corrected chi connectivity index (χ2v) is 8.48. The first-order valence-electron chi connectivity index (χ1n) is 8.58. The lowest BCUT2D eigenvalue weighted by atomic mass is 9.95. The van der Waals surface area contributed by atoms with Gasteiger partial charge in [0.15, 0.2) is 5.16 Å². The number of hydrogen-bond acceptors (Lipinski definition) is 7. The molecule has 1 amide bonds. The minimum Gasteiger partial charge on any atom is -0.459 e. The lowest BCUT2D eigenvalue weighted by Gasteiger charge is -2.14. The van der Waals surface area contributed by atoms with Crippen molar-refractivity contribution in [1.82, 2.24) is 14.8 Å². The van der Waals surface area contributed by atoms with E-state index < -0.39 is 0 Å². The molecule has 1 N–H and O–H groups in total. The Morgan fingerprint density at radius 2 is 2.15 bits per heavy atom. The predicted molar refractivity (Wildman–Crippen MR) is 102 cm³/mol. The third-order valence-corrected chi connectivity index (χ3v) is 6.21. The average molecular weight is 395 g/mol. The number of hydrogen-bond donors (Lipinski definition) is 1. The summed E-state index contributed by atoms with van der Waals surface area (Å²) in [5.41, 5.74) is 1.58. The number of nitrogens with zero attached hydrogens (tertiary/aromatic N) is 3. The van der Waals surface area contributed by atoms with Crippen molar-refractivity contribution < 1.29 is 14.3 Å². The highest BCUT2D eigenvalue weighted by Gasteiger charge is 2.27. The standard InChI is InChI=1S/C17H22N4O3S2/c1-10(2)24-16(23)14-11-6-4-5-7-12(11)26-15(14)19-13(22)8-25-17-20-18-9-21(17)3/h9-10H,4-8H2,1-3H3,(H,19,22). The molecular formula is C17H22N4O3S2. The second kappa shape index (κ2) is 8.22. The fourth-order valence-electron chi connectivity index (χ4n) is 2.84. The van der Waals surface area contributed by atoms with Crippen LogP contribution in [0.2, 0.25) is 0 Å². The van der Waals surface area contributed by atoms with E-state index in [1.165, 1.54) is 28.0 Å². The van der Waals surface area contributed by atoms with Gasteiger partial charge < -0.3 is 14.6 Å². The number of thioether (sulfide) groups is 1. The number of aromatic nitrogens is 3. The summed E-state index contributed by atoms with van der Waals surface area (Å²) in [5.74, 6) is -0.320. The van der Waals surface area contributed by atoms with Crippen molar-refractivity contribution >= 4 is 40.0 Å². The minimum absolute atomic E-state index is 0.171. The van der Waals surface area contributed by atoms with Crippen LogP contribution in [0.5, 0.6) is 0 Å². The number of thiophene rings is 1. The largest absolute Gasteiger partial charge is 0.459 e. The highest BCUT2D eigenvalue weighted by Crippen LogP contribution is 2.38. The number of ether oxygens (including phenoxy) is 1. The smallest absolute Gasteiger partial charge is 0.341 e. The lowest BCUT2D eigenvalue weighted by molar-refractivity contribution is -0.113. The van der Waals surface area contributed by atoms with E-state index in [0.29, 0.717) is 15.7 Å². The van der Waals surface area contributed by atoms with Crippen LogP contribution < -0.4 is 5.32 Å². The molecule has 0 atom stereocenters. The van der Waals surface area contributed by atoms with E-state index in [1.807, 2.05) is 20.9 Å². The first-order valence-corrected chi connectivity index (χ1v) is 10.4. The maximum atomic E-state index is 12.6. The summed E-state index contributed by atoms with van der Waals surface area (Å²) in [5, 5.41) is 11.9. The van der Waals surface area contributed by atoms with Gasteiger partial charge in [0.2, 0.25) is 5.91 Å². The van der Waals surface area contributed by atoms with E-state index in [9.17, 15) is 9.59 Å². The maximum absolute atomic E-state index is 12.6. The Hall–Kier alpha value is -1.87. The first kappa shape index (κ1) is 18.9. The van der Waals surface area contributed by atoms with Crippen molar-refractivity contribution in [3.63, 3.8) is 0 Å². The molecule has 2 aromatic rings. The van der Waals surface area contributed by atoms with Gasteiger partial charge >= 0.3 is 5.97 Å². The summed E-state index contributed by atoms with van der Waals surface area (Å²) >= 11 is 2.80. The van der Waals surface area contributed by atoms with Crippen LogP contribution in [0.25, 0.3) is 0 Å². The van der Waals surface area contributed by atoms with Gasteiger partial charge in [0.1, 0.15) is 11.3 Å². The summed E-state index contributed by atoms with van der Waals surface area (Å²) in [7, 11) is 1.83. The molecule has 2 aromatic heterocycles. The van der Waals surface area contributed by atoms with Crippen LogP contribution in [0.15, 0.2) is 11.5 Å². The van der Waals surface area contributed by atoms with Crippen LogP contribution in [0.1, 0.15) is 47.5 Å². The van der Waals surface area contributed by atoms with Gasteiger partial charge in [-0.2, -0.15) is 0 Å². The molecule has 0 unspecified atom stereocenters. The third-order valence-electron chi connectivity index (χ3n) is 3.97. The predicted octanol–water partition coefficient (Wildman–Crippen LogP) is 3.05. The normalized spacial score (nSPS) is 13.5. The number of amides is 1. The molecule has 0 saturated heterocycles. The molecule has 0 saturated carbocycles. The van der Waals surface area contributed by atoms with Crippen molar-refractivity contribution in [2.45, 2.75) is 50.8 Å². The highest BCUT2D eigenvalue weighted by atomic mass is 32.2. The molecule has 2 heterocycles. The van der Waals surface area contributed by atoms with E-state index in [2.05, 4.69) is 15.5 Å². The minimum atomic E-state index is -0.351. The molecular weight excluding hydrogens is 372 g/mol. The summed E-state index contributed by atoms with van der Waals surface area (Å²) < 4.78 is 7.16. The van der Waals surface area contributed by atoms with Crippen molar-refractivity contribution in [1.29, 1.82) is 0 Å². The number of esters is 1. The van der Waals surface area contributed by atoms with Gasteiger partial charge in [0.25, 0.3) is 0 Å². The average Bonchev–Trinajstić information content (AvgIpc) is 3.15. The van der Waals surface area contributed by atoms with Crippen LogP contribution in [-0.4, -0.2) is 38.5 Å². The molecule has 0 aliphatic heterocycles. The van der Waals surface area contributed by atoms with Crippen LogP contribution in [0.3, 0.4) is 0 Å². The Balaban J connectivity index is 1.75. The number of carbonyl (C=O) groups excluding carboxylic acids is 2. The van der Waals surface area contributed by atoms with Crippen LogP contribution in [0.4, 0.5) is 5.00 Å². The van der Waals surface area contributed by atoms with E-state index in [0.717, 1.165) is 31.2 Å². The number of carbonyl (C=O) groups is 2. The number of anilines is 1. The van der Waals surface area contributed by atoms with Crippen molar-refractivity contribution in [2.24, 2.45) is 7.05 Å². The molecule has 26 heavy (non-hydrogen) atoms. The molecule has 0 spiro atoms.